The van der Waals surface area contributed by atoms with E-state index in [0.29, 0.717) is 13.1 Å². The zero-order valence-corrected chi connectivity index (χ0v) is 17.5. The quantitative estimate of drug-likeness (QED) is 0.802. The van der Waals surface area contributed by atoms with Gasteiger partial charge in [0.1, 0.15) is 5.82 Å². The van der Waals surface area contributed by atoms with E-state index < -0.39 is 0 Å². The van der Waals surface area contributed by atoms with Crippen molar-refractivity contribution < 1.29 is 4.79 Å². The third-order valence-electron chi connectivity index (χ3n) is 5.35. The fourth-order valence-corrected chi connectivity index (χ4v) is 3.36. The Kier molecular flexibility index (Phi) is 6.49. The first-order chi connectivity index (χ1) is 13.5. The number of amides is 2. The highest BCUT2D eigenvalue weighted by Gasteiger charge is 2.24. The zero-order chi connectivity index (χ0) is 20.1. The molecule has 0 radical (unpaired) electrons. The largest absolute Gasteiger partial charge is 0.353 e. The normalized spacial score (nSPS) is 14.3. The number of carbonyl (C=O) groups excluding carboxylic acids is 1. The van der Waals surface area contributed by atoms with Crippen molar-refractivity contribution in [3.8, 4) is 11.4 Å². The first-order valence-corrected chi connectivity index (χ1v) is 10.2. The number of aryl methyl sites for hydroxylation is 2. The monoisotopic (exact) mass is 381 g/mol. The van der Waals surface area contributed by atoms with Crippen molar-refractivity contribution in [1.82, 2.24) is 20.2 Å². The number of piperazine rings is 1. The number of urea groups is 1. The van der Waals surface area contributed by atoms with E-state index in [9.17, 15) is 4.79 Å². The lowest BCUT2D eigenvalue weighted by atomic mass is 10.1. The van der Waals surface area contributed by atoms with E-state index in [1.165, 1.54) is 5.56 Å². The standard InChI is InChI=1S/C22H31N5O/c1-5-6-11-23-22(28)27-14-12-26(13-15-27)21-17(3)18(4)24-20(25-21)19-9-7-16(2)8-10-19/h7-10H,5-6,11-15H2,1-4H3,(H,23,28). The summed E-state index contributed by atoms with van der Waals surface area (Å²) in [6.07, 6.45) is 2.11. The van der Waals surface area contributed by atoms with Crippen molar-refractivity contribution >= 4 is 11.8 Å². The van der Waals surface area contributed by atoms with Crippen LogP contribution in [0.25, 0.3) is 11.4 Å². The minimum atomic E-state index is 0.0454. The van der Waals surface area contributed by atoms with Crippen LogP contribution in [0, 0.1) is 20.8 Å². The van der Waals surface area contributed by atoms with Crippen LogP contribution >= 0.6 is 0 Å². The van der Waals surface area contributed by atoms with Gasteiger partial charge < -0.3 is 15.1 Å². The number of nitrogens with one attached hydrogen (secondary N) is 1. The van der Waals surface area contributed by atoms with Crippen molar-refractivity contribution in [1.29, 1.82) is 0 Å². The van der Waals surface area contributed by atoms with Crippen LogP contribution in [-0.4, -0.2) is 53.6 Å². The Morgan fingerprint density at radius 3 is 2.36 bits per heavy atom. The summed E-state index contributed by atoms with van der Waals surface area (Å²) in [5.74, 6) is 1.74. The molecule has 150 valence electrons. The Labute approximate surface area is 168 Å². The van der Waals surface area contributed by atoms with E-state index in [0.717, 1.165) is 60.9 Å². The van der Waals surface area contributed by atoms with Crippen LogP contribution < -0.4 is 10.2 Å². The fraction of sp³-hybridized carbons (Fsp3) is 0.500. The number of carbonyl (C=O) groups is 1. The number of benzene rings is 1. The molecule has 2 heterocycles. The highest BCUT2D eigenvalue weighted by molar-refractivity contribution is 5.74. The van der Waals surface area contributed by atoms with Gasteiger partial charge in [0.25, 0.3) is 0 Å². The maximum atomic E-state index is 12.3. The first kappa shape index (κ1) is 20.1. The van der Waals surface area contributed by atoms with Crippen molar-refractivity contribution in [3.63, 3.8) is 0 Å². The Morgan fingerprint density at radius 1 is 1.04 bits per heavy atom. The molecule has 2 amide bonds. The predicted octanol–water partition coefficient (Wildman–Crippen LogP) is 3.70. The molecular formula is C22H31N5O. The van der Waals surface area contributed by atoms with E-state index in [1.807, 2.05) is 11.8 Å². The Hall–Kier alpha value is -2.63. The second-order valence-corrected chi connectivity index (χ2v) is 7.51. The maximum absolute atomic E-state index is 12.3. The molecule has 1 aromatic carbocycles. The summed E-state index contributed by atoms with van der Waals surface area (Å²) in [7, 11) is 0. The highest BCUT2D eigenvalue weighted by Crippen LogP contribution is 2.25. The first-order valence-electron chi connectivity index (χ1n) is 10.2. The van der Waals surface area contributed by atoms with Crippen LogP contribution in [0.15, 0.2) is 24.3 Å². The van der Waals surface area contributed by atoms with Crippen molar-refractivity contribution in [2.45, 2.75) is 40.5 Å². The lowest BCUT2D eigenvalue weighted by Gasteiger charge is -2.36. The molecule has 1 aliphatic heterocycles. The van der Waals surface area contributed by atoms with Gasteiger partial charge in [-0.2, -0.15) is 0 Å². The summed E-state index contributed by atoms with van der Waals surface area (Å²) in [6.45, 7) is 12.1. The van der Waals surface area contributed by atoms with E-state index in [1.54, 1.807) is 0 Å². The van der Waals surface area contributed by atoms with Gasteiger partial charge >= 0.3 is 6.03 Å². The fourth-order valence-electron chi connectivity index (χ4n) is 3.36. The molecule has 0 spiro atoms. The molecule has 28 heavy (non-hydrogen) atoms. The molecule has 1 saturated heterocycles. The minimum Gasteiger partial charge on any atom is -0.353 e. The van der Waals surface area contributed by atoms with Gasteiger partial charge in [-0.25, -0.2) is 14.8 Å². The van der Waals surface area contributed by atoms with Crippen molar-refractivity contribution in [2.24, 2.45) is 0 Å². The van der Waals surface area contributed by atoms with Crippen molar-refractivity contribution in [3.05, 3.63) is 41.1 Å². The molecular weight excluding hydrogens is 350 g/mol. The van der Waals surface area contributed by atoms with Gasteiger partial charge in [0.2, 0.25) is 0 Å². The zero-order valence-electron chi connectivity index (χ0n) is 17.5. The van der Waals surface area contributed by atoms with E-state index in [4.69, 9.17) is 9.97 Å². The van der Waals surface area contributed by atoms with Gasteiger partial charge in [-0.3, -0.25) is 0 Å². The molecule has 0 saturated carbocycles. The van der Waals surface area contributed by atoms with Gasteiger partial charge in [-0.1, -0.05) is 43.2 Å². The summed E-state index contributed by atoms with van der Waals surface area (Å²) in [6, 6.07) is 8.36. The lowest BCUT2D eigenvalue weighted by molar-refractivity contribution is 0.194. The number of nitrogens with zero attached hydrogens (tertiary/aromatic N) is 4. The predicted molar refractivity (Wildman–Crippen MR) is 114 cm³/mol. The number of rotatable bonds is 5. The van der Waals surface area contributed by atoms with Crippen molar-refractivity contribution in [2.75, 3.05) is 37.6 Å². The van der Waals surface area contributed by atoms with E-state index in [-0.39, 0.29) is 6.03 Å². The number of hydrogen-bond acceptors (Lipinski definition) is 4. The average Bonchev–Trinajstić information content (AvgIpc) is 2.71. The molecule has 1 aromatic heterocycles. The second-order valence-electron chi connectivity index (χ2n) is 7.51. The molecule has 1 fully saturated rings. The van der Waals surface area contributed by atoms with Gasteiger partial charge in [0.05, 0.1) is 0 Å². The third-order valence-corrected chi connectivity index (χ3v) is 5.35. The number of unbranched alkanes of at least 4 members (excludes halogenated alkanes) is 1. The van der Waals surface area contributed by atoms with Crippen LogP contribution in [-0.2, 0) is 0 Å². The Bertz CT molecular complexity index is 810. The molecule has 6 nitrogen and oxygen atoms in total. The van der Waals surface area contributed by atoms with Crippen LogP contribution in [0.2, 0.25) is 0 Å². The molecule has 1 N–H and O–H groups in total. The summed E-state index contributed by atoms with van der Waals surface area (Å²) in [5.41, 5.74) is 4.36. The van der Waals surface area contributed by atoms with Crippen LogP contribution in [0.5, 0.6) is 0 Å². The molecule has 6 heteroatoms. The molecule has 0 aliphatic carbocycles. The molecule has 3 rings (SSSR count). The third kappa shape index (κ3) is 4.61. The van der Waals surface area contributed by atoms with Gasteiger partial charge in [0, 0.05) is 49.5 Å². The van der Waals surface area contributed by atoms with Gasteiger partial charge in [-0.15, -0.1) is 0 Å². The van der Waals surface area contributed by atoms with E-state index >= 15 is 0 Å². The van der Waals surface area contributed by atoms with Gasteiger partial charge in [-0.05, 0) is 27.2 Å². The molecule has 1 aliphatic rings. The number of hydrogen-bond donors (Lipinski definition) is 1. The summed E-state index contributed by atoms with van der Waals surface area (Å²) < 4.78 is 0. The van der Waals surface area contributed by atoms with Crippen LogP contribution in [0.4, 0.5) is 10.6 Å². The molecule has 0 atom stereocenters. The maximum Gasteiger partial charge on any atom is 0.317 e. The van der Waals surface area contributed by atoms with Gasteiger partial charge in [0.15, 0.2) is 5.82 Å². The molecule has 0 unspecified atom stereocenters. The Morgan fingerprint density at radius 2 is 1.71 bits per heavy atom. The second kappa shape index (κ2) is 9.04. The summed E-state index contributed by atoms with van der Waals surface area (Å²) in [4.78, 5) is 26.0. The summed E-state index contributed by atoms with van der Waals surface area (Å²) in [5, 5.41) is 3.01. The summed E-state index contributed by atoms with van der Waals surface area (Å²) >= 11 is 0. The van der Waals surface area contributed by atoms with Crippen LogP contribution in [0.1, 0.15) is 36.6 Å². The SMILES string of the molecule is CCCCNC(=O)N1CCN(c2nc(-c3ccc(C)cc3)nc(C)c2C)CC1. The van der Waals surface area contributed by atoms with Crippen LogP contribution in [0.3, 0.4) is 0 Å². The number of anilines is 1. The molecule has 0 bridgehead atoms. The molecule has 2 aromatic rings. The average molecular weight is 382 g/mol. The number of aromatic nitrogens is 2. The topological polar surface area (TPSA) is 61.4 Å². The highest BCUT2D eigenvalue weighted by atomic mass is 16.2. The minimum absolute atomic E-state index is 0.0454. The van der Waals surface area contributed by atoms with E-state index in [2.05, 4.69) is 55.3 Å². The lowest BCUT2D eigenvalue weighted by Crippen LogP contribution is -2.52. The Balaban J connectivity index is 1.72. The smallest absolute Gasteiger partial charge is 0.317 e.